The molecule has 198 valence electrons. The summed E-state index contributed by atoms with van der Waals surface area (Å²) < 4.78 is 11.3. The van der Waals surface area contributed by atoms with Gasteiger partial charge < -0.3 is 24.6 Å². The maximum Gasteiger partial charge on any atom is 0.308 e. The molecular formula is C28H35ClN4O4. The quantitative estimate of drug-likeness (QED) is 0.336. The van der Waals surface area contributed by atoms with Gasteiger partial charge in [0.1, 0.15) is 5.75 Å². The van der Waals surface area contributed by atoms with E-state index in [0.717, 1.165) is 23.4 Å². The van der Waals surface area contributed by atoms with E-state index in [0.29, 0.717) is 35.7 Å². The van der Waals surface area contributed by atoms with Crippen molar-refractivity contribution in [3.05, 3.63) is 52.5 Å². The number of carboxylic acids is 1. The third kappa shape index (κ3) is 6.08. The number of rotatable bonds is 9. The summed E-state index contributed by atoms with van der Waals surface area (Å²) >= 11 is 6.39. The van der Waals surface area contributed by atoms with E-state index in [-0.39, 0.29) is 17.4 Å². The highest BCUT2D eigenvalue weighted by atomic mass is 35.5. The lowest BCUT2D eigenvalue weighted by molar-refractivity contribution is -0.145. The highest BCUT2D eigenvalue weighted by Gasteiger charge is 2.32. The Labute approximate surface area is 223 Å². The van der Waals surface area contributed by atoms with Crippen molar-refractivity contribution >= 4 is 29.2 Å². The Hall–Kier alpha value is -3.10. The smallest absolute Gasteiger partial charge is 0.308 e. The molecule has 2 heterocycles. The highest BCUT2D eigenvalue weighted by Crippen LogP contribution is 2.41. The largest absolute Gasteiger partial charge is 0.489 e. The Bertz CT molecular complexity index is 1270. The molecular weight excluding hydrogens is 492 g/mol. The predicted molar refractivity (Wildman–Crippen MR) is 145 cm³/mol. The van der Waals surface area contributed by atoms with Crippen LogP contribution in [0.25, 0.3) is 11.5 Å². The lowest BCUT2D eigenvalue weighted by atomic mass is 9.80. The third-order valence-corrected chi connectivity index (χ3v) is 6.88. The number of hydrogen-bond acceptors (Lipinski definition) is 7. The second kappa shape index (κ2) is 10.7. The van der Waals surface area contributed by atoms with Gasteiger partial charge in [-0.2, -0.15) is 4.98 Å². The standard InChI is InChI=1S/C28H35ClN4O4/c1-16(2)36-24-10-8-19(12-22(24)29)25-31-27(32-37-25)33-15-17(3)20-11-18(7-9-23(20)33)13-30-14-21(26(34)35)28(4,5)6/h7-12,16-17,21,30H,13-15H2,1-6H3,(H,34,35). The summed E-state index contributed by atoms with van der Waals surface area (Å²) in [6, 6.07) is 11.7. The molecule has 0 spiro atoms. The lowest BCUT2D eigenvalue weighted by Crippen LogP contribution is -2.37. The number of benzene rings is 2. The molecule has 8 nitrogen and oxygen atoms in total. The van der Waals surface area contributed by atoms with Gasteiger partial charge in [0.2, 0.25) is 0 Å². The molecule has 0 aliphatic carbocycles. The minimum atomic E-state index is -0.778. The summed E-state index contributed by atoms with van der Waals surface area (Å²) in [4.78, 5) is 18.3. The number of aliphatic carboxylic acids is 1. The Morgan fingerprint density at radius 3 is 2.68 bits per heavy atom. The van der Waals surface area contributed by atoms with Crippen molar-refractivity contribution in [2.45, 2.75) is 60.1 Å². The molecule has 1 aliphatic heterocycles. The van der Waals surface area contributed by atoms with E-state index in [2.05, 4.69) is 45.5 Å². The zero-order chi connectivity index (χ0) is 26.9. The van der Waals surface area contributed by atoms with Gasteiger partial charge in [0, 0.05) is 36.8 Å². The van der Waals surface area contributed by atoms with E-state index in [4.69, 9.17) is 20.9 Å². The Morgan fingerprint density at radius 1 is 1.27 bits per heavy atom. The molecule has 0 amide bonds. The van der Waals surface area contributed by atoms with E-state index < -0.39 is 11.9 Å². The minimum Gasteiger partial charge on any atom is -0.489 e. The molecule has 37 heavy (non-hydrogen) atoms. The second-order valence-corrected chi connectivity index (χ2v) is 11.4. The van der Waals surface area contributed by atoms with Crippen LogP contribution in [-0.2, 0) is 11.3 Å². The number of carbonyl (C=O) groups is 1. The van der Waals surface area contributed by atoms with Crippen molar-refractivity contribution in [2.75, 3.05) is 18.0 Å². The number of fused-ring (bicyclic) bond motifs is 1. The van der Waals surface area contributed by atoms with Crippen LogP contribution in [0.15, 0.2) is 40.9 Å². The van der Waals surface area contributed by atoms with Crippen molar-refractivity contribution < 1.29 is 19.2 Å². The minimum absolute atomic E-state index is 0.0250. The van der Waals surface area contributed by atoms with Gasteiger partial charge in [-0.15, -0.1) is 0 Å². The molecule has 2 unspecified atom stereocenters. The molecule has 1 aliphatic rings. The fourth-order valence-electron chi connectivity index (χ4n) is 4.57. The van der Waals surface area contributed by atoms with Crippen LogP contribution in [0.4, 0.5) is 11.6 Å². The monoisotopic (exact) mass is 526 g/mol. The number of ether oxygens (including phenoxy) is 1. The number of carboxylic acid groups (broad SMARTS) is 1. The fourth-order valence-corrected chi connectivity index (χ4v) is 4.79. The van der Waals surface area contributed by atoms with Gasteiger partial charge in [-0.05, 0) is 59.8 Å². The Morgan fingerprint density at radius 2 is 2.03 bits per heavy atom. The number of hydrogen-bond donors (Lipinski definition) is 2. The van der Waals surface area contributed by atoms with Crippen LogP contribution in [-0.4, -0.2) is 40.4 Å². The number of anilines is 2. The molecule has 2 atom stereocenters. The summed E-state index contributed by atoms with van der Waals surface area (Å²) in [5.74, 6) is 0.545. The molecule has 3 aromatic rings. The van der Waals surface area contributed by atoms with Gasteiger partial charge in [-0.3, -0.25) is 4.79 Å². The first kappa shape index (κ1) is 26.9. The molecule has 2 N–H and O–H groups in total. The summed E-state index contributed by atoms with van der Waals surface area (Å²) in [5.41, 5.74) is 3.76. The second-order valence-electron chi connectivity index (χ2n) is 11.0. The van der Waals surface area contributed by atoms with Crippen LogP contribution < -0.4 is 15.0 Å². The fraction of sp³-hybridized carbons (Fsp3) is 0.464. The Balaban J connectivity index is 1.47. The maximum absolute atomic E-state index is 11.6. The first-order valence-electron chi connectivity index (χ1n) is 12.6. The average Bonchev–Trinajstić information content (AvgIpc) is 3.42. The summed E-state index contributed by atoms with van der Waals surface area (Å²) in [6.45, 7) is 13.7. The van der Waals surface area contributed by atoms with Crippen LogP contribution in [0, 0.1) is 11.3 Å². The van der Waals surface area contributed by atoms with Crippen LogP contribution in [0.2, 0.25) is 5.02 Å². The van der Waals surface area contributed by atoms with Crippen molar-refractivity contribution in [3.63, 3.8) is 0 Å². The molecule has 0 saturated heterocycles. The van der Waals surface area contributed by atoms with Crippen molar-refractivity contribution in [1.82, 2.24) is 15.5 Å². The first-order valence-corrected chi connectivity index (χ1v) is 13.0. The van der Waals surface area contributed by atoms with Gasteiger partial charge in [0.05, 0.1) is 17.0 Å². The van der Waals surface area contributed by atoms with Gasteiger partial charge in [0.15, 0.2) is 0 Å². The summed E-state index contributed by atoms with van der Waals surface area (Å²) in [6.07, 6.45) is 0.0250. The van der Waals surface area contributed by atoms with E-state index in [1.165, 1.54) is 5.56 Å². The first-order chi connectivity index (χ1) is 17.4. The lowest BCUT2D eigenvalue weighted by Gasteiger charge is -2.27. The van der Waals surface area contributed by atoms with Crippen molar-refractivity contribution in [3.8, 4) is 17.2 Å². The third-order valence-electron chi connectivity index (χ3n) is 6.59. The SMILES string of the molecule is CC(C)Oc1ccc(-c2nc(N3CC(C)c4cc(CNCC(C(=O)O)C(C)(C)C)ccc43)no2)cc1Cl. The van der Waals surface area contributed by atoms with Gasteiger partial charge in [0.25, 0.3) is 11.8 Å². The van der Waals surface area contributed by atoms with Crippen LogP contribution >= 0.6 is 11.6 Å². The molecule has 0 bridgehead atoms. The van der Waals surface area contributed by atoms with E-state index in [9.17, 15) is 9.90 Å². The van der Waals surface area contributed by atoms with Crippen LogP contribution in [0.5, 0.6) is 5.75 Å². The zero-order valence-corrected chi connectivity index (χ0v) is 23.0. The van der Waals surface area contributed by atoms with Crippen molar-refractivity contribution in [2.24, 2.45) is 11.3 Å². The van der Waals surface area contributed by atoms with E-state index >= 15 is 0 Å². The molecule has 0 saturated carbocycles. The number of aromatic nitrogens is 2. The molecule has 9 heteroatoms. The van der Waals surface area contributed by atoms with E-state index in [1.807, 2.05) is 46.8 Å². The summed E-state index contributed by atoms with van der Waals surface area (Å²) in [5, 5.41) is 17.6. The topological polar surface area (TPSA) is 101 Å². The average molecular weight is 527 g/mol. The Kier molecular flexibility index (Phi) is 7.80. The summed E-state index contributed by atoms with van der Waals surface area (Å²) in [7, 11) is 0. The van der Waals surface area contributed by atoms with Gasteiger partial charge >= 0.3 is 5.97 Å². The van der Waals surface area contributed by atoms with Crippen molar-refractivity contribution in [1.29, 1.82) is 0 Å². The van der Waals surface area contributed by atoms with Gasteiger partial charge in [-0.1, -0.05) is 51.4 Å². The van der Waals surface area contributed by atoms with E-state index in [1.54, 1.807) is 6.07 Å². The van der Waals surface area contributed by atoms with Gasteiger partial charge in [-0.25, -0.2) is 0 Å². The maximum atomic E-state index is 11.6. The molecule has 0 fully saturated rings. The molecule has 2 aromatic carbocycles. The zero-order valence-electron chi connectivity index (χ0n) is 22.2. The van der Waals surface area contributed by atoms with Crippen LogP contribution in [0.1, 0.15) is 58.6 Å². The highest BCUT2D eigenvalue weighted by molar-refractivity contribution is 6.32. The number of nitrogens with one attached hydrogen (secondary N) is 1. The normalized spacial score (nSPS) is 16.2. The molecule has 0 radical (unpaired) electrons. The van der Waals surface area contributed by atoms with Crippen LogP contribution in [0.3, 0.4) is 0 Å². The molecule has 4 rings (SSSR count). The predicted octanol–water partition coefficient (Wildman–Crippen LogP) is 6.27. The number of halogens is 1. The molecule has 1 aromatic heterocycles. The number of nitrogens with zero attached hydrogens (tertiary/aromatic N) is 3.